The number of nitrogens with zero attached hydrogens (tertiary/aromatic N) is 3. The Hall–Kier alpha value is -2.68. The minimum Gasteiger partial charge on any atom is -0.348 e. The fourth-order valence-electron chi connectivity index (χ4n) is 3.72. The highest BCUT2D eigenvalue weighted by molar-refractivity contribution is 7.89. The fraction of sp³-hybridized carbons (Fsp3) is 0.333. The molecule has 33 heavy (non-hydrogen) atoms. The van der Waals surface area contributed by atoms with E-state index in [9.17, 15) is 13.2 Å². The Bertz CT molecular complexity index is 1240. The number of aromatic nitrogens is 2. The molecule has 0 spiro atoms. The first-order valence-corrected chi connectivity index (χ1v) is 12.7. The van der Waals surface area contributed by atoms with Crippen LogP contribution in [0.4, 0.5) is 0 Å². The molecule has 3 rings (SSSR count). The summed E-state index contributed by atoms with van der Waals surface area (Å²) in [5, 5.41) is 7.67. The van der Waals surface area contributed by atoms with Gasteiger partial charge in [-0.3, -0.25) is 9.48 Å². The summed E-state index contributed by atoms with van der Waals surface area (Å²) < 4.78 is 28.9. The van der Waals surface area contributed by atoms with E-state index in [4.69, 9.17) is 11.6 Å². The molecule has 0 unspecified atom stereocenters. The molecule has 0 aliphatic heterocycles. The predicted octanol–water partition coefficient (Wildman–Crippen LogP) is 4.16. The second kappa shape index (κ2) is 10.5. The van der Waals surface area contributed by atoms with Crippen LogP contribution < -0.4 is 5.32 Å². The highest BCUT2D eigenvalue weighted by atomic mass is 35.5. The third-order valence-electron chi connectivity index (χ3n) is 5.66. The van der Waals surface area contributed by atoms with Gasteiger partial charge < -0.3 is 5.32 Å². The zero-order chi connectivity index (χ0) is 24.2. The molecule has 1 heterocycles. The first kappa shape index (κ1) is 25.0. The van der Waals surface area contributed by atoms with Gasteiger partial charge in [0.15, 0.2) is 0 Å². The summed E-state index contributed by atoms with van der Waals surface area (Å²) in [4.78, 5) is 13.0. The molecule has 0 saturated heterocycles. The van der Waals surface area contributed by atoms with Crippen molar-refractivity contribution in [2.24, 2.45) is 0 Å². The smallest absolute Gasteiger partial charge is 0.253 e. The second-order valence-corrected chi connectivity index (χ2v) is 10.1. The molecular weight excluding hydrogens is 460 g/mol. The molecule has 0 atom stereocenters. The lowest BCUT2D eigenvalue weighted by atomic mass is 10.1. The van der Waals surface area contributed by atoms with Gasteiger partial charge in [-0.2, -0.15) is 9.40 Å². The van der Waals surface area contributed by atoms with E-state index >= 15 is 0 Å². The summed E-state index contributed by atoms with van der Waals surface area (Å²) in [6.45, 7) is 8.99. The van der Waals surface area contributed by atoms with Crippen molar-refractivity contribution in [3.05, 3.63) is 81.6 Å². The average molecular weight is 489 g/mol. The lowest BCUT2D eigenvalue weighted by Crippen LogP contribution is -2.31. The number of carbonyl (C=O) groups is 1. The summed E-state index contributed by atoms with van der Waals surface area (Å²) in [6.07, 6.45) is 0. The highest BCUT2D eigenvalue weighted by Gasteiger charge is 2.24. The number of rotatable bonds is 9. The molecule has 1 aromatic heterocycles. The van der Waals surface area contributed by atoms with E-state index in [0.717, 1.165) is 22.5 Å². The van der Waals surface area contributed by atoms with E-state index < -0.39 is 15.9 Å². The van der Waals surface area contributed by atoms with Gasteiger partial charge in [-0.05, 0) is 37.6 Å². The van der Waals surface area contributed by atoms with Gasteiger partial charge >= 0.3 is 0 Å². The first-order valence-electron chi connectivity index (χ1n) is 10.8. The summed E-state index contributed by atoms with van der Waals surface area (Å²) in [7, 11) is -3.70. The standard InChI is InChI=1S/C24H29ClN4O3S/c1-5-28(6-2)33(31,32)20-12-13-23(25)21(14-20)24(30)26-15-22-17(3)27-29(18(22)4)16-19-10-8-7-9-11-19/h7-14H,5-6,15-16H2,1-4H3,(H,26,30). The van der Waals surface area contributed by atoms with E-state index in [2.05, 4.69) is 10.4 Å². The number of hydrogen-bond donors (Lipinski definition) is 1. The van der Waals surface area contributed by atoms with E-state index in [1.165, 1.54) is 22.5 Å². The molecule has 3 aromatic rings. The maximum atomic E-state index is 12.9. The highest BCUT2D eigenvalue weighted by Crippen LogP contribution is 2.23. The summed E-state index contributed by atoms with van der Waals surface area (Å²) in [6, 6.07) is 14.2. The Morgan fingerprint density at radius 2 is 1.76 bits per heavy atom. The van der Waals surface area contributed by atoms with Crippen molar-refractivity contribution >= 4 is 27.5 Å². The van der Waals surface area contributed by atoms with Gasteiger partial charge in [0.25, 0.3) is 5.91 Å². The van der Waals surface area contributed by atoms with Crippen molar-refractivity contribution in [3.8, 4) is 0 Å². The van der Waals surface area contributed by atoms with Crippen LogP contribution in [-0.4, -0.2) is 41.5 Å². The second-order valence-electron chi connectivity index (χ2n) is 7.71. The largest absolute Gasteiger partial charge is 0.348 e. The molecule has 176 valence electrons. The molecule has 0 aliphatic rings. The number of halogens is 1. The van der Waals surface area contributed by atoms with Gasteiger partial charge in [0.1, 0.15) is 0 Å². The summed E-state index contributed by atoms with van der Waals surface area (Å²) in [5.41, 5.74) is 3.96. The number of nitrogens with one attached hydrogen (secondary N) is 1. The SMILES string of the molecule is CCN(CC)S(=O)(=O)c1ccc(Cl)c(C(=O)NCc2c(C)nn(Cc3ccccc3)c2C)c1. The van der Waals surface area contributed by atoms with Crippen molar-refractivity contribution < 1.29 is 13.2 Å². The molecular formula is C24H29ClN4O3S. The maximum absolute atomic E-state index is 12.9. The number of carbonyl (C=O) groups excluding carboxylic acids is 1. The Labute approximate surface area is 200 Å². The quantitative estimate of drug-likeness (QED) is 0.490. The molecule has 0 saturated carbocycles. The fourth-order valence-corrected chi connectivity index (χ4v) is 5.40. The normalized spacial score (nSPS) is 11.7. The van der Waals surface area contributed by atoms with Gasteiger partial charge in [-0.15, -0.1) is 0 Å². The maximum Gasteiger partial charge on any atom is 0.253 e. The Kier molecular flexibility index (Phi) is 7.94. The Morgan fingerprint density at radius 1 is 1.09 bits per heavy atom. The average Bonchev–Trinajstić information content (AvgIpc) is 3.05. The van der Waals surface area contributed by atoms with Crippen LogP contribution in [0.25, 0.3) is 0 Å². The predicted molar refractivity (Wildman–Crippen MR) is 130 cm³/mol. The van der Waals surface area contributed by atoms with Crippen molar-refractivity contribution in [2.45, 2.75) is 45.7 Å². The van der Waals surface area contributed by atoms with Crippen LogP contribution in [0.1, 0.15) is 46.7 Å². The topological polar surface area (TPSA) is 84.3 Å². The molecule has 9 heteroatoms. The third kappa shape index (κ3) is 5.46. The molecule has 1 amide bonds. The molecule has 2 aromatic carbocycles. The number of aryl methyl sites for hydroxylation is 1. The van der Waals surface area contributed by atoms with Crippen molar-refractivity contribution in [2.75, 3.05) is 13.1 Å². The minimum atomic E-state index is -3.70. The summed E-state index contributed by atoms with van der Waals surface area (Å²) >= 11 is 6.24. The van der Waals surface area contributed by atoms with Crippen molar-refractivity contribution in [3.63, 3.8) is 0 Å². The zero-order valence-electron chi connectivity index (χ0n) is 19.3. The van der Waals surface area contributed by atoms with Gasteiger partial charge in [0.05, 0.1) is 27.7 Å². The number of amides is 1. The van der Waals surface area contributed by atoms with Gasteiger partial charge in [0, 0.05) is 30.9 Å². The lowest BCUT2D eigenvalue weighted by Gasteiger charge is -2.19. The number of benzene rings is 2. The Balaban J connectivity index is 1.79. The van der Waals surface area contributed by atoms with Crippen LogP contribution in [0, 0.1) is 13.8 Å². The van der Waals surface area contributed by atoms with Crippen LogP contribution in [0.2, 0.25) is 5.02 Å². The monoisotopic (exact) mass is 488 g/mol. The third-order valence-corrected chi connectivity index (χ3v) is 8.03. The van der Waals surface area contributed by atoms with E-state index in [0.29, 0.717) is 19.6 Å². The minimum absolute atomic E-state index is 0.0452. The molecule has 0 aliphatic carbocycles. The van der Waals surface area contributed by atoms with Crippen LogP contribution >= 0.6 is 11.6 Å². The number of hydrogen-bond acceptors (Lipinski definition) is 4. The van der Waals surface area contributed by atoms with E-state index in [-0.39, 0.29) is 22.0 Å². The molecule has 0 radical (unpaired) electrons. The zero-order valence-corrected chi connectivity index (χ0v) is 20.9. The summed E-state index contributed by atoms with van der Waals surface area (Å²) in [5.74, 6) is -0.439. The molecule has 7 nitrogen and oxygen atoms in total. The lowest BCUT2D eigenvalue weighted by molar-refractivity contribution is 0.0950. The molecule has 1 N–H and O–H groups in total. The van der Waals surface area contributed by atoms with E-state index in [1.54, 1.807) is 13.8 Å². The molecule has 0 fully saturated rings. The van der Waals surface area contributed by atoms with Crippen LogP contribution in [0.15, 0.2) is 53.4 Å². The first-order chi connectivity index (χ1) is 15.7. The van der Waals surface area contributed by atoms with Gasteiger partial charge in [-0.1, -0.05) is 55.8 Å². The molecule has 0 bridgehead atoms. The Morgan fingerprint density at radius 3 is 2.39 bits per heavy atom. The van der Waals surface area contributed by atoms with Crippen LogP contribution in [0.3, 0.4) is 0 Å². The number of sulfonamides is 1. The van der Waals surface area contributed by atoms with Crippen LogP contribution in [-0.2, 0) is 23.1 Å². The van der Waals surface area contributed by atoms with Crippen molar-refractivity contribution in [1.29, 1.82) is 0 Å². The van der Waals surface area contributed by atoms with E-state index in [1.807, 2.05) is 48.9 Å². The van der Waals surface area contributed by atoms with Gasteiger partial charge in [-0.25, -0.2) is 8.42 Å². The van der Waals surface area contributed by atoms with Crippen LogP contribution in [0.5, 0.6) is 0 Å². The van der Waals surface area contributed by atoms with Crippen molar-refractivity contribution in [1.82, 2.24) is 19.4 Å². The van der Waals surface area contributed by atoms with Gasteiger partial charge in [0.2, 0.25) is 10.0 Å².